The Morgan fingerprint density at radius 1 is 1.22 bits per heavy atom. The third-order valence-electron chi connectivity index (χ3n) is 1.89. The van der Waals surface area contributed by atoms with Crippen LogP contribution in [0.2, 0.25) is 0 Å². The molecule has 96 valence electrons. The van der Waals surface area contributed by atoms with E-state index in [1.807, 2.05) is 5.32 Å². The van der Waals surface area contributed by atoms with E-state index >= 15 is 0 Å². The van der Waals surface area contributed by atoms with E-state index in [1.165, 1.54) is 7.05 Å². The van der Waals surface area contributed by atoms with Crippen LogP contribution in [0.1, 0.15) is 10.4 Å². The molecule has 0 saturated heterocycles. The number of urea groups is 1. The van der Waals surface area contributed by atoms with E-state index in [0.29, 0.717) is 5.56 Å². The summed E-state index contributed by atoms with van der Waals surface area (Å²) >= 11 is 2.11. The van der Waals surface area contributed by atoms with Crippen LogP contribution in [0.15, 0.2) is 24.3 Å². The van der Waals surface area contributed by atoms with Gasteiger partial charge in [0.15, 0.2) is 6.61 Å². The molecule has 0 atom stereocenters. The molecule has 0 bridgehead atoms. The van der Waals surface area contributed by atoms with Gasteiger partial charge < -0.3 is 10.1 Å². The Labute approximate surface area is 117 Å². The van der Waals surface area contributed by atoms with Crippen molar-refractivity contribution in [1.29, 1.82) is 0 Å². The van der Waals surface area contributed by atoms with Gasteiger partial charge >= 0.3 is 12.0 Å². The highest BCUT2D eigenvalue weighted by Crippen LogP contribution is 2.07. The van der Waals surface area contributed by atoms with Crippen molar-refractivity contribution < 1.29 is 19.1 Å². The summed E-state index contributed by atoms with van der Waals surface area (Å²) in [6.45, 7) is -0.502. The normalized spacial score (nSPS) is 9.44. The SMILES string of the molecule is CNC(=O)NC(=O)COC(=O)c1ccc(I)cc1. The minimum absolute atomic E-state index is 0.350. The van der Waals surface area contributed by atoms with Gasteiger partial charge in [-0.2, -0.15) is 0 Å². The van der Waals surface area contributed by atoms with E-state index in [1.54, 1.807) is 24.3 Å². The van der Waals surface area contributed by atoms with Crippen molar-refractivity contribution in [2.75, 3.05) is 13.7 Å². The molecular weight excluding hydrogens is 351 g/mol. The molecular formula is C11H11IN2O4. The van der Waals surface area contributed by atoms with E-state index < -0.39 is 24.5 Å². The molecule has 0 fully saturated rings. The molecule has 0 saturated carbocycles. The molecule has 3 amide bonds. The van der Waals surface area contributed by atoms with Crippen LogP contribution < -0.4 is 10.6 Å². The highest BCUT2D eigenvalue weighted by Gasteiger charge is 2.11. The number of esters is 1. The third kappa shape index (κ3) is 4.70. The van der Waals surface area contributed by atoms with E-state index in [0.717, 1.165) is 3.57 Å². The van der Waals surface area contributed by atoms with Gasteiger partial charge in [0.2, 0.25) is 0 Å². The molecule has 0 radical (unpaired) electrons. The highest BCUT2D eigenvalue weighted by atomic mass is 127. The second-order valence-electron chi connectivity index (χ2n) is 3.21. The van der Waals surface area contributed by atoms with E-state index in [9.17, 15) is 14.4 Å². The molecule has 0 aromatic heterocycles. The maximum absolute atomic E-state index is 11.5. The number of nitrogens with one attached hydrogen (secondary N) is 2. The van der Waals surface area contributed by atoms with Crippen LogP contribution in [0.5, 0.6) is 0 Å². The van der Waals surface area contributed by atoms with Gasteiger partial charge in [0.1, 0.15) is 0 Å². The number of carbonyl (C=O) groups excluding carboxylic acids is 3. The summed E-state index contributed by atoms with van der Waals surface area (Å²) in [5.41, 5.74) is 0.350. The Kier molecular flexibility index (Phi) is 5.56. The summed E-state index contributed by atoms with van der Waals surface area (Å²) < 4.78 is 5.73. The Morgan fingerprint density at radius 3 is 2.39 bits per heavy atom. The average molecular weight is 362 g/mol. The molecule has 0 spiro atoms. The van der Waals surface area contributed by atoms with Gasteiger partial charge in [-0.25, -0.2) is 9.59 Å². The zero-order valence-corrected chi connectivity index (χ0v) is 11.7. The lowest BCUT2D eigenvalue weighted by atomic mass is 10.2. The minimum atomic E-state index is -0.687. The first kappa shape index (κ1) is 14.4. The summed E-state index contributed by atoms with van der Waals surface area (Å²) in [4.78, 5) is 33.5. The van der Waals surface area contributed by atoms with Crippen LogP contribution >= 0.6 is 22.6 Å². The molecule has 18 heavy (non-hydrogen) atoms. The number of carbonyl (C=O) groups is 3. The van der Waals surface area contributed by atoms with Gasteiger partial charge in [-0.3, -0.25) is 10.1 Å². The maximum atomic E-state index is 11.5. The second-order valence-corrected chi connectivity index (χ2v) is 4.46. The first-order valence-corrected chi connectivity index (χ1v) is 6.05. The van der Waals surface area contributed by atoms with Crippen LogP contribution in [-0.4, -0.2) is 31.6 Å². The van der Waals surface area contributed by atoms with Crippen molar-refractivity contribution in [3.05, 3.63) is 33.4 Å². The van der Waals surface area contributed by atoms with Gasteiger partial charge in [0.05, 0.1) is 5.56 Å². The summed E-state index contributed by atoms with van der Waals surface area (Å²) in [6, 6.07) is 6.05. The van der Waals surface area contributed by atoms with Crippen molar-refractivity contribution >= 4 is 40.5 Å². The molecule has 0 aliphatic carbocycles. The number of halogens is 1. The topological polar surface area (TPSA) is 84.5 Å². The van der Waals surface area contributed by atoms with Crippen molar-refractivity contribution in [3.63, 3.8) is 0 Å². The fraction of sp³-hybridized carbons (Fsp3) is 0.182. The van der Waals surface area contributed by atoms with Crippen LogP contribution in [-0.2, 0) is 9.53 Å². The van der Waals surface area contributed by atoms with Crippen LogP contribution in [0.3, 0.4) is 0 Å². The highest BCUT2D eigenvalue weighted by molar-refractivity contribution is 14.1. The van der Waals surface area contributed by atoms with Gasteiger partial charge in [-0.1, -0.05) is 0 Å². The van der Waals surface area contributed by atoms with E-state index in [2.05, 4.69) is 27.9 Å². The van der Waals surface area contributed by atoms with E-state index in [4.69, 9.17) is 4.74 Å². The zero-order chi connectivity index (χ0) is 13.5. The van der Waals surface area contributed by atoms with Gasteiger partial charge in [-0.15, -0.1) is 0 Å². The summed E-state index contributed by atoms with van der Waals surface area (Å²) in [6.07, 6.45) is 0. The molecule has 1 rings (SSSR count). The summed E-state index contributed by atoms with van der Waals surface area (Å²) in [5.74, 6) is -1.30. The number of amides is 3. The number of ether oxygens (including phenoxy) is 1. The molecule has 7 heteroatoms. The van der Waals surface area contributed by atoms with Crippen LogP contribution in [0, 0.1) is 3.57 Å². The lowest BCUT2D eigenvalue weighted by Crippen LogP contribution is -2.39. The van der Waals surface area contributed by atoms with Crippen molar-refractivity contribution in [2.24, 2.45) is 0 Å². The smallest absolute Gasteiger partial charge is 0.338 e. The van der Waals surface area contributed by atoms with Gasteiger partial charge in [0.25, 0.3) is 5.91 Å². The monoisotopic (exact) mass is 362 g/mol. The number of imide groups is 1. The Bertz CT molecular complexity index is 459. The number of rotatable bonds is 3. The van der Waals surface area contributed by atoms with Crippen molar-refractivity contribution in [1.82, 2.24) is 10.6 Å². The van der Waals surface area contributed by atoms with Crippen molar-refractivity contribution in [3.8, 4) is 0 Å². The number of benzene rings is 1. The Hall–Kier alpha value is -1.64. The zero-order valence-electron chi connectivity index (χ0n) is 9.53. The van der Waals surface area contributed by atoms with Gasteiger partial charge in [-0.05, 0) is 46.9 Å². The Morgan fingerprint density at radius 2 is 1.83 bits per heavy atom. The molecule has 0 heterocycles. The quantitative estimate of drug-likeness (QED) is 0.618. The maximum Gasteiger partial charge on any atom is 0.338 e. The Balaban J connectivity index is 2.44. The first-order valence-electron chi connectivity index (χ1n) is 4.97. The number of hydrogen-bond donors (Lipinski definition) is 2. The predicted octanol–water partition coefficient (Wildman–Crippen LogP) is 0.904. The first-order chi connectivity index (χ1) is 8.52. The third-order valence-corrected chi connectivity index (χ3v) is 2.61. The number of hydrogen-bond acceptors (Lipinski definition) is 4. The molecule has 1 aromatic rings. The van der Waals surface area contributed by atoms with Gasteiger partial charge in [0, 0.05) is 10.6 Å². The van der Waals surface area contributed by atoms with Crippen LogP contribution in [0.25, 0.3) is 0 Å². The molecule has 0 aliphatic rings. The molecule has 1 aromatic carbocycles. The fourth-order valence-corrected chi connectivity index (χ4v) is 1.39. The minimum Gasteiger partial charge on any atom is -0.452 e. The fourth-order valence-electron chi connectivity index (χ4n) is 1.03. The standard InChI is InChI=1S/C11H11IN2O4/c1-13-11(17)14-9(15)6-18-10(16)7-2-4-8(12)5-3-7/h2-5H,6H2,1H3,(H2,13,14,15,17). The molecule has 0 aliphatic heterocycles. The largest absolute Gasteiger partial charge is 0.452 e. The second kappa shape index (κ2) is 6.94. The molecule has 2 N–H and O–H groups in total. The molecule has 0 unspecified atom stereocenters. The lowest BCUT2D eigenvalue weighted by molar-refractivity contribution is -0.123. The van der Waals surface area contributed by atoms with E-state index in [-0.39, 0.29) is 0 Å². The predicted molar refractivity (Wildman–Crippen MR) is 72.0 cm³/mol. The van der Waals surface area contributed by atoms with Crippen molar-refractivity contribution in [2.45, 2.75) is 0 Å². The van der Waals surface area contributed by atoms with Crippen LogP contribution in [0.4, 0.5) is 4.79 Å². The molecule has 6 nitrogen and oxygen atoms in total. The lowest BCUT2D eigenvalue weighted by Gasteiger charge is -2.05. The average Bonchev–Trinajstić information content (AvgIpc) is 2.36. The summed E-state index contributed by atoms with van der Waals surface area (Å²) in [7, 11) is 1.38. The summed E-state index contributed by atoms with van der Waals surface area (Å²) in [5, 5.41) is 4.19.